The summed E-state index contributed by atoms with van der Waals surface area (Å²) in [7, 11) is 15.7. The third-order valence-electron chi connectivity index (χ3n) is 7.52. The first-order chi connectivity index (χ1) is 24.1. The summed E-state index contributed by atoms with van der Waals surface area (Å²) in [6.07, 6.45) is 0. The summed E-state index contributed by atoms with van der Waals surface area (Å²) < 4.78 is 2.12. The molecule has 5 heteroatoms. The van der Waals surface area contributed by atoms with Crippen LogP contribution in [0.15, 0.2) is 206 Å². The second-order valence-corrected chi connectivity index (χ2v) is 22.2. The van der Waals surface area contributed by atoms with Gasteiger partial charge in [-0.2, -0.15) is 0 Å². The maximum absolute atomic E-state index is 7.06. The molecular weight excluding hydrogens is 768 g/mol. The Bertz CT molecular complexity index is 1950. The van der Waals surface area contributed by atoms with Crippen LogP contribution >= 0.6 is 36.2 Å². The first-order valence-corrected chi connectivity index (χ1v) is 23.4. The van der Waals surface area contributed by atoms with Crippen LogP contribution in [0.5, 0.6) is 0 Å². The number of benzene rings is 8. The van der Waals surface area contributed by atoms with Crippen molar-refractivity contribution in [3.8, 4) is 0 Å². The van der Waals surface area contributed by atoms with Crippen LogP contribution in [0, 0.1) is 0 Å². The van der Waals surface area contributed by atoms with Gasteiger partial charge in [-0.15, -0.1) is 0 Å². The van der Waals surface area contributed by atoms with Crippen molar-refractivity contribution in [2.75, 3.05) is 0 Å². The first kappa shape index (κ1) is 35.2. The van der Waals surface area contributed by atoms with Gasteiger partial charge in [0.25, 0.3) is 0 Å². The van der Waals surface area contributed by atoms with E-state index >= 15 is 0 Å². The Balaban J connectivity index is 0.000000137. The summed E-state index contributed by atoms with van der Waals surface area (Å²) in [5.74, 6) is 0. The molecule has 0 unspecified atom stereocenters. The third-order valence-corrected chi connectivity index (χ3v) is 16.5. The van der Waals surface area contributed by atoms with Gasteiger partial charge in [0.05, 0.1) is 0 Å². The molecule has 0 heterocycles. The van der Waals surface area contributed by atoms with E-state index in [0.29, 0.717) is 0 Å². The zero-order valence-electron chi connectivity index (χ0n) is 26.7. The van der Waals surface area contributed by atoms with Crippen molar-refractivity contribution >= 4 is 87.1 Å². The minimum absolute atomic E-state index is 0.777. The number of hydrogen-bond donors (Lipinski definition) is 0. The van der Waals surface area contributed by atoms with Gasteiger partial charge in [0.2, 0.25) is 0 Å². The summed E-state index contributed by atoms with van der Waals surface area (Å²) >= 11 is -2.98. The van der Waals surface area contributed by atoms with Crippen LogP contribution in [-0.4, -0.2) is 0 Å². The van der Waals surface area contributed by atoms with Gasteiger partial charge < -0.3 is 0 Å². The van der Waals surface area contributed by atoms with Gasteiger partial charge in [0, 0.05) is 0 Å². The smallest absolute Gasteiger partial charge is 0.0226 e. The third kappa shape index (κ3) is 9.76. The Kier molecular flexibility index (Phi) is 12.8. The molecule has 0 saturated carbocycles. The van der Waals surface area contributed by atoms with E-state index in [1.54, 1.807) is 0 Å². The molecule has 49 heavy (non-hydrogen) atoms. The average molecular weight is 804 g/mol. The van der Waals surface area contributed by atoms with Gasteiger partial charge >= 0.3 is 147 Å². The van der Waals surface area contributed by atoms with E-state index in [2.05, 4.69) is 170 Å². The molecular formula is C44H36Cl2P2Pd. The van der Waals surface area contributed by atoms with Crippen molar-refractivity contribution in [2.45, 2.75) is 0 Å². The van der Waals surface area contributed by atoms with E-state index in [4.69, 9.17) is 19.1 Å². The summed E-state index contributed by atoms with van der Waals surface area (Å²) in [6, 6.07) is 71.3. The maximum Gasteiger partial charge on any atom is -0.0226 e. The zero-order chi connectivity index (χ0) is 33.7. The molecule has 0 amide bonds. The molecule has 8 rings (SSSR count). The van der Waals surface area contributed by atoms with Crippen molar-refractivity contribution in [3.05, 3.63) is 206 Å². The fourth-order valence-corrected chi connectivity index (χ4v) is 12.9. The van der Waals surface area contributed by atoms with Crippen LogP contribution < -0.4 is 29.3 Å². The monoisotopic (exact) mass is 802 g/mol. The van der Waals surface area contributed by atoms with Gasteiger partial charge in [-0.05, 0) is 21.2 Å². The summed E-state index contributed by atoms with van der Waals surface area (Å²) in [6.45, 7) is 0. The van der Waals surface area contributed by atoms with E-state index in [-0.39, 0.29) is 0 Å². The molecule has 0 aliphatic rings. The van der Waals surface area contributed by atoms with Crippen molar-refractivity contribution < 1.29 is 13.5 Å². The largest absolute Gasteiger partial charge is 0.0622 e. The van der Waals surface area contributed by atoms with E-state index in [1.807, 2.05) is 36.4 Å². The van der Waals surface area contributed by atoms with Gasteiger partial charge in [0.1, 0.15) is 0 Å². The van der Waals surface area contributed by atoms with E-state index in [0.717, 1.165) is 36.0 Å². The van der Waals surface area contributed by atoms with Crippen molar-refractivity contribution in [2.24, 2.45) is 0 Å². The molecule has 0 radical (unpaired) electrons. The predicted octanol–water partition coefficient (Wildman–Crippen LogP) is 10.0. The molecule has 0 bridgehead atoms. The Morgan fingerprint density at radius 3 is 0.878 bits per heavy atom. The molecule has 8 aromatic carbocycles. The Labute approximate surface area is 304 Å². The zero-order valence-corrected chi connectivity index (χ0v) is 31.8. The molecule has 0 spiro atoms. The molecule has 8 aromatic rings. The molecule has 0 N–H and O–H groups in total. The summed E-state index contributed by atoms with van der Waals surface area (Å²) in [4.78, 5) is 0. The quantitative estimate of drug-likeness (QED) is 0.116. The van der Waals surface area contributed by atoms with Crippen molar-refractivity contribution in [1.82, 2.24) is 0 Å². The van der Waals surface area contributed by atoms with Gasteiger partial charge in [-0.3, -0.25) is 0 Å². The molecule has 0 fully saturated rings. The van der Waals surface area contributed by atoms with Crippen molar-refractivity contribution in [1.29, 1.82) is 0 Å². The molecule has 246 valence electrons. The predicted molar refractivity (Wildman–Crippen MR) is 220 cm³/mol. The number of fused-ring (bicyclic) bond motifs is 2. The van der Waals surface area contributed by atoms with E-state index in [1.165, 1.54) is 32.0 Å². The first-order valence-electron chi connectivity index (χ1n) is 15.8. The minimum atomic E-state index is -2.98. The van der Waals surface area contributed by atoms with Crippen LogP contribution in [0.2, 0.25) is 0 Å². The van der Waals surface area contributed by atoms with Crippen LogP contribution in [0.4, 0.5) is 0 Å². The SMILES string of the molecule is [Cl][Pd]([Cl])([c]1cccc2ccccc12)[c]1cccc2ccccc12.c1ccc(Pc2ccccc2)cc1.c1ccc(Pc2ccccc2)cc1. The van der Waals surface area contributed by atoms with Crippen LogP contribution in [-0.2, 0) is 13.5 Å². The summed E-state index contributed by atoms with van der Waals surface area (Å²) in [5.41, 5.74) is 0. The molecule has 0 saturated heterocycles. The summed E-state index contributed by atoms with van der Waals surface area (Å²) in [5, 5.41) is 10.2. The van der Waals surface area contributed by atoms with Crippen LogP contribution in [0.25, 0.3) is 21.5 Å². The Morgan fingerprint density at radius 1 is 0.286 bits per heavy atom. The maximum atomic E-state index is 7.06. The Hall–Kier alpha value is -3.62. The molecule has 0 nitrogen and oxygen atoms in total. The second-order valence-electron chi connectivity index (χ2n) is 10.9. The Morgan fingerprint density at radius 2 is 0.551 bits per heavy atom. The fraction of sp³-hybridized carbons (Fsp3) is 0. The normalized spacial score (nSPS) is 11.1. The molecule has 0 aliphatic carbocycles. The van der Waals surface area contributed by atoms with Gasteiger partial charge in [0.15, 0.2) is 0 Å². The molecule has 0 aliphatic heterocycles. The topological polar surface area (TPSA) is 0 Å². The van der Waals surface area contributed by atoms with Crippen LogP contribution in [0.1, 0.15) is 0 Å². The average Bonchev–Trinajstić information content (AvgIpc) is 3.16. The van der Waals surface area contributed by atoms with E-state index < -0.39 is 13.5 Å². The van der Waals surface area contributed by atoms with Gasteiger partial charge in [-0.1, -0.05) is 138 Å². The number of halogens is 2. The fourth-order valence-electron chi connectivity index (χ4n) is 5.19. The minimum Gasteiger partial charge on any atom is -0.0622 e. The van der Waals surface area contributed by atoms with E-state index in [9.17, 15) is 0 Å². The number of rotatable bonds is 6. The molecule has 0 aromatic heterocycles. The number of hydrogen-bond acceptors (Lipinski definition) is 0. The van der Waals surface area contributed by atoms with Gasteiger partial charge in [-0.25, -0.2) is 0 Å². The van der Waals surface area contributed by atoms with Crippen LogP contribution in [0.3, 0.4) is 0 Å². The standard InChI is InChI=1S/2C12H11P.2C10H7.2ClH.Pd/c2*1-3-7-11(8-4-1)13-12-9-5-2-6-10-12;2*1-2-6-10-8-4-3-7-9(10)5-1;;;/h2*1-10,13H;2*1-7H;2*1H;/q;;;;;;+2/p-2. The second kappa shape index (κ2) is 17.9. The van der Waals surface area contributed by atoms with Crippen molar-refractivity contribution in [3.63, 3.8) is 0 Å². The molecule has 0 atom stereocenters.